The van der Waals surface area contributed by atoms with Crippen molar-refractivity contribution in [3.05, 3.63) is 107 Å². The normalized spacial score (nSPS) is 18.2. The summed E-state index contributed by atoms with van der Waals surface area (Å²) in [6.45, 7) is 0.200. The summed E-state index contributed by atoms with van der Waals surface area (Å²) in [4.78, 5) is 31.2. The molecule has 2 aromatic carbocycles. The number of hydrogen-bond donors (Lipinski definition) is 1. The number of benzene rings is 2. The van der Waals surface area contributed by atoms with Gasteiger partial charge in [0.15, 0.2) is 0 Å². The number of carbonyl (C=O) groups excluding carboxylic acids is 2. The van der Waals surface area contributed by atoms with Crippen molar-refractivity contribution in [2.75, 3.05) is 0 Å². The lowest BCUT2D eigenvalue weighted by Gasteiger charge is -2.25. The van der Waals surface area contributed by atoms with Crippen molar-refractivity contribution < 1.29 is 19.1 Å². The number of pyridine rings is 1. The first-order chi connectivity index (χ1) is 14.1. The molecule has 1 aromatic heterocycles. The minimum Gasteiger partial charge on any atom is -0.507 e. The molecule has 1 aliphatic rings. The number of carbonyl (C=O) groups is 2. The van der Waals surface area contributed by atoms with Crippen LogP contribution in [0.25, 0.3) is 5.76 Å². The van der Waals surface area contributed by atoms with Gasteiger partial charge in [-0.25, -0.2) is 4.39 Å². The van der Waals surface area contributed by atoms with Crippen molar-refractivity contribution in [1.29, 1.82) is 0 Å². The molecule has 0 bridgehead atoms. The van der Waals surface area contributed by atoms with Crippen LogP contribution in [-0.2, 0) is 16.1 Å². The van der Waals surface area contributed by atoms with Gasteiger partial charge in [-0.1, -0.05) is 36.4 Å². The number of likely N-dealkylation sites (tertiary alicyclic amines) is 1. The van der Waals surface area contributed by atoms with E-state index in [4.69, 9.17) is 0 Å². The van der Waals surface area contributed by atoms with Crippen LogP contribution in [0.4, 0.5) is 4.39 Å². The van der Waals surface area contributed by atoms with Gasteiger partial charge in [0, 0.05) is 24.5 Å². The van der Waals surface area contributed by atoms with E-state index >= 15 is 0 Å². The van der Waals surface area contributed by atoms with Gasteiger partial charge in [-0.3, -0.25) is 14.6 Å². The molecule has 2 heterocycles. The fourth-order valence-corrected chi connectivity index (χ4v) is 3.47. The van der Waals surface area contributed by atoms with Crippen molar-refractivity contribution >= 4 is 17.4 Å². The Morgan fingerprint density at radius 2 is 1.72 bits per heavy atom. The summed E-state index contributed by atoms with van der Waals surface area (Å²) < 4.78 is 13.3. The number of hydrogen-bond acceptors (Lipinski definition) is 4. The van der Waals surface area contributed by atoms with Crippen molar-refractivity contribution in [1.82, 2.24) is 9.88 Å². The van der Waals surface area contributed by atoms with E-state index in [0.29, 0.717) is 5.56 Å². The van der Waals surface area contributed by atoms with Crippen molar-refractivity contribution in [2.24, 2.45) is 0 Å². The lowest BCUT2D eigenvalue weighted by molar-refractivity contribution is -0.140. The fourth-order valence-electron chi connectivity index (χ4n) is 3.47. The van der Waals surface area contributed by atoms with E-state index in [0.717, 1.165) is 5.56 Å². The Hall–Kier alpha value is -3.80. The van der Waals surface area contributed by atoms with E-state index in [2.05, 4.69) is 4.98 Å². The Morgan fingerprint density at radius 1 is 1.00 bits per heavy atom. The van der Waals surface area contributed by atoms with E-state index in [1.54, 1.807) is 24.5 Å². The highest BCUT2D eigenvalue weighted by Gasteiger charge is 2.46. The maximum absolute atomic E-state index is 13.3. The third-order valence-corrected chi connectivity index (χ3v) is 4.85. The molecule has 0 saturated carbocycles. The number of nitrogens with zero attached hydrogens (tertiary/aromatic N) is 2. The van der Waals surface area contributed by atoms with E-state index in [9.17, 15) is 19.1 Å². The van der Waals surface area contributed by atoms with Gasteiger partial charge < -0.3 is 10.0 Å². The summed E-state index contributed by atoms with van der Waals surface area (Å²) in [6, 6.07) is 17.1. The van der Waals surface area contributed by atoms with Crippen LogP contribution >= 0.6 is 0 Å². The number of aliphatic hydroxyl groups is 1. The molecular weight excluding hydrogens is 371 g/mol. The second-order valence-corrected chi connectivity index (χ2v) is 6.71. The smallest absolute Gasteiger partial charge is 0.295 e. The molecule has 1 fully saturated rings. The van der Waals surface area contributed by atoms with Crippen LogP contribution in [0.15, 0.2) is 84.7 Å². The number of aromatic nitrogens is 1. The summed E-state index contributed by atoms with van der Waals surface area (Å²) in [5, 5.41) is 10.9. The van der Waals surface area contributed by atoms with Crippen molar-refractivity contribution in [3.8, 4) is 0 Å². The summed E-state index contributed by atoms with van der Waals surface area (Å²) in [5.74, 6) is -2.29. The Kier molecular flexibility index (Phi) is 4.91. The molecule has 1 amide bonds. The van der Waals surface area contributed by atoms with E-state index in [-0.39, 0.29) is 23.4 Å². The van der Waals surface area contributed by atoms with Gasteiger partial charge in [0.2, 0.25) is 0 Å². The summed E-state index contributed by atoms with van der Waals surface area (Å²) in [6.07, 6.45) is 3.15. The molecule has 0 radical (unpaired) electrons. The summed E-state index contributed by atoms with van der Waals surface area (Å²) in [7, 11) is 0. The molecule has 0 aliphatic carbocycles. The van der Waals surface area contributed by atoms with Crippen LogP contribution in [0.3, 0.4) is 0 Å². The van der Waals surface area contributed by atoms with Crippen LogP contribution in [0.5, 0.6) is 0 Å². The van der Waals surface area contributed by atoms with Crippen molar-refractivity contribution in [3.63, 3.8) is 0 Å². The number of rotatable bonds is 4. The molecule has 5 nitrogen and oxygen atoms in total. The zero-order valence-electron chi connectivity index (χ0n) is 15.3. The highest BCUT2D eigenvalue weighted by molar-refractivity contribution is 6.46. The quantitative estimate of drug-likeness (QED) is 0.419. The molecule has 1 atom stereocenters. The standard InChI is InChI=1S/C23H17FN2O3/c24-18-10-8-16(9-11-18)21(27)19-20(17-7-4-12-25-13-17)26(23(29)22(19)28)14-15-5-2-1-3-6-15/h1-13,20,27H,14H2. The van der Waals surface area contributed by atoms with Crippen LogP contribution < -0.4 is 0 Å². The third kappa shape index (κ3) is 3.52. The van der Waals surface area contributed by atoms with Crippen LogP contribution in [0, 0.1) is 5.82 Å². The van der Waals surface area contributed by atoms with Gasteiger partial charge in [0.1, 0.15) is 11.6 Å². The highest BCUT2D eigenvalue weighted by atomic mass is 19.1. The SMILES string of the molecule is O=C1C(=O)N(Cc2ccccc2)C(c2cccnc2)C1=C(O)c1ccc(F)cc1. The molecule has 3 aromatic rings. The topological polar surface area (TPSA) is 70.5 Å². The monoisotopic (exact) mass is 388 g/mol. The predicted molar refractivity (Wildman–Crippen MR) is 105 cm³/mol. The Labute approximate surface area is 166 Å². The van der Waals surface area contributed by atoms with Gasteiger partial charge in [-0.2, -0.15) is 0 Å². The summed E-state index contributed by atoms with van der Waals surface area (Å²) >= 11 is 0. The maximum atomic E-state index is 13.3. The second-order valence-electron chi connectivity index (χ2n) is 6.71. The Bertz CT molecular complexity index is 1080. The number of halogens is 1. The predicted octanol–water partition coefficient (Wildman–Crippen LogP) is 3.84. The minimum absolute atomic E-state index is 0.0365. The minimum atomic E-state index is -0.797. The first-order valence-electron chi connectivity index (χ1n) is 9.04. The van der Waals surface area contributed by atoms with E-state index in [1.807, 2.05) is 30.3 Å². The van der Waals surface area contributed by atoms with Crippen molar-refractivity contribution in [2.45, 2.75) is 12.6 Å². The second kappa shape index (κ2) is 7.67. The van der Waals surface area contributed by atoms with Gasteiger partial charge in [0.05, 0.1) is 11.6 Å². The molecule has 144 valence electrons. The molecule has 1 unspecified atom stereocenters. The van der Waals surface area contributed by atoms with Gasteiger partial charge >= 0.3 is 0 Å². The molecular formula is C23H17FN2O3. The number of ketones is 1. The number of aliphatic hydroxyl groups excluding tert-OH is 1. The van der Waals surface area contributed by atoms with Gasteiger partial charge in [-0.05, 0) is 41.5 Å². The molecule has 0 spiro atoms. The fraction of sp³-hybridized carbons (Fsp3) is 0.0870. The van der Waals surface area contributed by atoms with Gasteiger partial charge in [0.25, 0.3) is 11.7 Å². The highest BCUT2D eigenvalue weighted by Crippen LogP contribution is 2.39. The van der Waals surface area contributed by atoms with Crippen LogP contribution in [0.1, 0.15) is 22.7 Å². The molecule has 1 aliphatic heterocycles. The van der Waals surface area contributed by atoms with E-state index < -0.39 is 23.5 Å². The Morgan fingerprint density at radius 3 is 2.38 bits per heavy atom. The number of amides is 1. The molecule has 1 saturated heterocycles. The van der Waals surface area contributed by atoms with Crippen LogP contribution in [0.2, 0.25) is 0 Å². The summed E-state index contributed by atoms with van der Waals surface area (Å²) in [5.41, 5.74) is 1.68. The first kappa shape index (κ1) is 18.6. The lowest BCUT2D eigenvalue weighted by atomic mass is 9.96. The lowest BCUT2D eigenvalue weighted by Crippen LogP contribution is -2.29. The number of Topliss-reactive ketones (excluding diaryl/α,β-unsaturated/α-hetero) is 1. The Balaban J connectivity index is 1.85. The maximum Gasteiger partial charge on any atom is 0.295 e. The first-order valence-corrected chi connectivity index (χ1v) is 9.04. The third-order valence-electron chi connectivity index (χ3n) is 4.85. The molecule has 6 heteroatoms. The average molecular weight is 388 g/mol. The average Bonchev–Trinajstić information content (AvgIpc) is 3.00. The zero-order chi connectivity index (χ0) is 20.4. The largest absolute Gasteiger partial charge is 0.507 e. The van der Waals surface area contributed by atoms with Gasteiger partial charge in [-0.15, -0.1) is 0 Å². The zero-order valence-corrected chi connectivity index (χ0v) is 15.3. The molecule has 4 rings (SSSR count). The molecule has 29 heavy (non-hydrogen) atoms. The molecule has 1 N–H and O–H groups in total. The van der Waals surface area contributed by atoms with Crippen LogP contribution in [-0.4, -0.2) is 26.7 Å². The van der Waals surface area contributed by atoms with E-state index in [1.165, 1.54) is 29.2 Å².